The standard InChI is InChI=1S/C22H23N3OS2/c1-17-15-27-22(23-17)28-16-18-7-5-6-10-20(18)21(26)25-13-11-24(12-14-25)19-8-3-2-4-9-19/h2-10,15H,11-14,16H2,1H3. The van der Waals surface area contributed by atoms with Crippen molar-refractivity contribution in [1.29, 1.82) is 0 Å². The Labute approximate surface area is 174 Å². The molecule has 0 N–H and O–H groups in total. The van der Waals surface area contributed by atoms with Gasteiger partial charge in [-0.3, -0.25) is 4.79 Å². The zero-order chi connectivity index (χ0) is 19.3. The van der Waals surface area contributed by atoms with Crippen LogP contribution in [0.15, 0.2) is 64.3 Å². The Balaban J connectivity index is 1.41. The van der Waals surface area contributed by atoms with E-state index in [1.165, 1.54) is 5.69 Å². The monoisotopic (exact) mass is 409 g/mol. The highest BCUT2D eigenvalue weighted by Gasteiger charge is 2.23. The smallest absolute Gasteiger partial charge is 0.254 e. The Morgan fingerprint density at radius 3 is 2.46 bits per heavy atom. The number of hydrogen-bond donors (Lipinski definition) is 0. The summed E-state index contributed by atoms with van der Waals surface area (Å²) in [5, 5.41) is 2.06. The lowest BCUT2D eigenvalue weighted by atomic mass is 10.1. The number of hydrogen-bond acceptors (Lipinski definition) is 5. The van der Waals surface area contributed by atoms with Gasteiger partial charge in [-0.1, -0.05) is 48.2 Å². The third-order valence-corrected chi connectivity index (χ3v) is 7.07. The number of aromatic nitrogens is 1. The summed E-state index contributed by atoms with van der Waals surface area (Å²) >= 11 is 3.36. The molecule has 4 rings (SSSR count). The minimum absolute atomic E-state index is 0.138. The third kappa shape index (κ3) is 4.39. The van der Waals surface area contributed by atoms with Crippen LogP contribution in [-0.2, 0) is 5.75 Å². The fourth-order valence-electron chi connectivity index (χ4n) is 3.37. The highest BCUT2D eigenvalue weighted by molar-refractivity contribution is 8.00. The Kier molecular flexibility index (Phi) is 5.98. The molecule has 4 nitrogen and oxygen atoms in total. The first-order valence-electron chi connectivity index (χ1n) is 9.43. The predicted octanol–water partition coefficient (Wildman–Crippen LogP) is 4.71. The molecule has 2 aromatic carbocycles. The molecule has 1 aliphatic heterocycles. The van der Waals surface area contributed by atoms with Gasteiger partial charge in [-0.15, -0.1) is 11.3 Å². The van der Waals surface area contributed by atoms with Gasteiger partial charge in [0.05, 0.1) is 0 Å². The van der Waals surface area contributed by atoms with Crippen LogP contribution in [0.1, 0.15) is 21.6 Å². The summed E-state index contributed by atoms with van der Waals surface area (Å²) in [7, 11) is 0. The number of nitrogens with zero attached hydrogens (tertiary/aromatic N) is 3. The number of carbonyl (C=O) groups is 1. The molecule has 1 aromatic heterocycles. The van der Waals surface area contributed by atoms with Crippen LogP contribution < -0.4 is 4.90 Å². The summed E-state index contributed by atoms with van der Waals surface area (Å²) in [6, 6.07) is 18.4. The number of benzene rings is 2. The zero-order valence-corrected chi connectivity index (χ0v) is 17.5. The van der Waals surface area contributed by atoms with Crippen molar-refractivity contribution in [2.75, 3.05) is 31.1 Å². The van der Waals surface area contributed by atoms with Gasteiger partial charge in [-0.25, -0.2) is 4.98 Å². The average molecular weight is 410 g/mol. The van der Waals surface area contributed by atoms with Crippen LogP contribution in [-0.4, -0.2) is 42.0 Å². The molecule has 0 bridgehead atoms. The molecule has 3 aromatic rings. The summed E-state index contributed by atoms with van der Waals surface area (Å²) < 4.78 is 1.05. The van der Waals surface area contributed by atoms with Crippen LogP contribution in [0.5, 0.6) is 0 Å². The highest BCUT2D eigenvalue weighted by atomic mass is 32.2. The number of amides is 1. The maximum atomic E-state index is 13.2. The van der Waals surface area contributed by atoms with Crippen molar-refractivity contribution in [2.24, 2.45) is 0 Å². The van der Waals surface area contributed by atoms with Gasteiger partial charge in [0.25, 0.3) is 5.91 Å². The van der Waals surface area contributed by atoms with Crippen molar-refractivity contribution in [3.8, 4) is 0 Å². The number of anilines is 1. The Morgan fingerprint density at radius 1 is 1.04 bits per heavy atom. The average Bonchev–Trinajstić information content (AvgIpc) is 3.18. The van der Waals surface area contributed by atoms with Crippen LogP contribution in [0.2, 0.25) is 0 Å². The summed E-state index contributed by atoms with van der Waals surface area (Å²) in [5.74, 6) is 0.901. The van der Waals surface area contributed by atoms with Crippen molar-refractivity contribution in [2.45, 2.75) is 17.0 Å². The summed E-state index contributed by atoms with van der Waals surface area (Å²) in [6.07, 6.45) is 0. The van der Waals surface area contributed by atoms with Crippen LogP contribution >= 0.6 is 23.1 Å². The number of aryl methyl sites for hydroxylation is 1. The molecular weight excluding hydrogens is 386 g/mol. The molecule has 0 aliphatic carbocycles. The van der Waals surface area contributed by atoms with Crippen LogP contribution in [0.25, 0.3) is 0 Å². The minimum atomic E-state index is 0.138. The normalized spacial score (nSPS) is 14.3. The van der Waals surface area contributed by atoms with E-state index in [0.29, 0.717) is 0 Å². The SMILES string of the molecule is Cc1csc(SCc2ccccc2C(=O)N2CCN(c3ccccc3)CC2)n1. The van der Waals surface area contributed by atoms with E-state index in [0.717, 1.165) is 53.1 Å². The van der Waals surface area contributed by atoms with Gasteiger partial charge in [0.15, 0.2) is 0 Å². The molecule has 28 heavy (non-hydrogen) atoms. The van der Waals surface area contributed by atoms with Crippen molar-refractivity contribution >= 4 is 34.7 Å². The van der Waals surface area contributed by atoms with Crippen molar-refractivity contribution in [3.63, 3.8) is 0 Å². The van der Waals surface area contributed by atoms with Gasteiger partial charge >= 0.3 is 0 Å². The molecule has 6 heteroatoms. The molecular formula is C22H23N3OS2. The van der Waals surface area contributed by atoms with E-state index in [9.17, 15) is 4.79 Å². The second-order valence-electron chi connectivity index (χ2n) is 6.82. The van der Waals surface area contributed by atoms with Gasteiger partial charge < -0.3 is 9.80 Å². The Bertz CT molecular complexity index is 934. The topological polar surface area (TPSA) is 36.4 Å². The summed E-state index contributed by atoms with van der Waals surface area (Å²) in [4.78, 5) is 22.0. The highest BCUT2D eigenvalue weighted by Crippen LogP contribution is 2.28. The van der Waals surface area contributed by atoms with Crippen LogP contribution in [0.4, 0.5) is 5.69 Å². The number of piperazine rings is 1. The van der Waals surface area contributed by atoms with Gasteiger partial charge in [0.2, 0.25) is 0 Å². The molecule has 0 saturated carbocycles. The van der Waals surface area contributed by atoms with Crippen LogP contribution in [0, 0.1) is 6.92 Å². The number of thiazole rings is 1. The lowest BCUT2D eigenvalue weighted by Crippen LogP contribution is -2.49. The van der Waals surface area contributed by atoms with E-state index >= 15 is 0 Å². The van der Waals surface area contributed by atoms with Gasteiger partial charge in [0, 0.05) is 54.3 Å². The number of rotatable bonds is 5. The number of para-hydroxylation sites is 1. The van der Waals surface area contributed by atoms with Gasteiger partial charge in [0.1, 0.15) is 4.34 Å². The fraction of sp³-hybridized carbons (Fsp3) is 0.273. The first-order chi connectivity index (χ1) is 13.7. The molecule has 0 radical (unpaired) electrons. The maximum absolute atomic E-state index is 13.2. The molecule has 144 valence electrons. The Hall–Kier alpha value is -2.31. The first-order valence-corrected chi connectivity index (χ1v) is 11.3. The van der Waals surface area contributed by atoms with E-state index in [1.54, 1.807) is 23.1 Å². The molecule has 0 atom stereocenters. The van der Waals surface area contributed by atoms with E-state index in [4.69, 9.17) is 0 Å². The quantitative estimate of drug-likeness (QED) is 0.572. The lowest BCUT2D eigenvalue weighted by molar-refractivity contribution is 0.0746. The van der Waals surface area contributed by atoms with Crippen molar-refractivity contribution in [1.82, 2.24) is 9.88 Å². The molecule has 0 unspecified atom stereocenters. The van der Waals surface area contributed by atoms with Crippen molar-refractivity contribution < 1.29 is 4.79 Å². The lowest BCUT2D eigenvalue weighted by Gasteiger charge is -2.36. The second-order valence-corrected chi connectivity index (χ2v) is 8.90. The van der Waals surface area contributed by atoms with E-state index in [2.05, 4.69) is 45.6 Å². The van der Waals surface area contributed by atoms with Gasteiger partial charge in [-0.05, 0) is 30.7 Å². The first kappa shape index (κ1) is 19.0. The summed E-state index contributed by atoms with van der Waals surface area (Å²) in [5.41, 5.74) is 4.17. The molecule has 1 amide bonds. The number of thioether (sulfide) groups is 1. The minimum Gasteiger partial charge on any atom is -0.368 e. The molecule has 1 saturated heterocycles. The second kappa shape index (κ2) is 8.80. The van der Waals surface area contributed by atoms with Crippen LogP contribution in [0.3, 0.4) is 0 Å². The van der Waals surface area contributed by atoms with Crippen molar-refractivity contribution in [3.05, 3.63) is 76.8 Å². The predicted molar refractivity (Wildman–Crippen MR) is 117 cm³/mol. The fourth-order valence-corrected chi connectivity index (χ4v) is 5.22. The zero-order valence-electron chi connectivity index (χ0n) is 15.9. The van der Waals surface area contributed by atoms with E-state index in [1.807, 2.05) is 36.1 Å². The number of carbonyl (C=O) groups excluding carboxylic acids is 1. The van der Waals surface area contributed by atoms with E-state index in [-0.39, 0.29) is 5.91 Å². The largest absolute Gasteiger partial charge is 0.368 e. The van der Waals surface area contributed by atoms with Gasteiger partial charge in [-0.2, -0.15) is 0 Å². The molecule has 1 fully saturated rings. The Morgan fingerprint density at radius 2 is 1.75 bits per heavy atom. The molecule has 1 aliphatic rings. The molecule has 0 spiro atoms. The molecule has 2 heterocycles. The summed E-state index contributed by atoms with van der Waals surface area (Å²) in [6.45, 7) is 5.24. The maximum Gasteiger partial charge on any atom is 0.254 e. The van der Waals surface area contributed by atoms with E-state index < -0.39 is 0 Å². The third-order valence-electron chi connectivity index (χ3n) is 4.89.